The van der Waals surface area contributed by atoms with E-state index >= 15 is 0 Å². The number of carbonyl (C=O) groups is 2. The number of para-hydroxylation sites is 1. The van der Waals surface area contributed by atoms with Gasteiger partial charge in [0.1, 0.15) is 6.42 Å². The Morgan fingerprint density at radius 3 is 2.58 bits per heavy atom. The number of rotatable bonds is 5. The van der Waals surface area contributed by atoms with Crippen LogP contribution in [0.25, 0.3) is 10.9 Å². The summed E-state index contributed by atoms with van der Waals surface area (Å²) in [4.78, 5) is 30.3. The quantitative estimate of drug-likeness (QED) is 0.718. The van der Waals surface area contributed by atoms with E-state index in [0.717, 1.165) is 22.0 Å². The van der Waals surface area contributed by atoms with Gasteiger partial charge in [-0.3, -0.25) is 14.6 Å². The molecule has 0 aliphatic carbocycles. The zero-order valence-electron chi connectivity index (χ0n) is 14.9. The molecular formula is C21H21N3O2. The topological polar surface area (TPSA) is 62.3 Å². The molecule has 0 radical (unpaired) electrons. The van der Waals surface area contributed by atoms with Crippen LogP contribution in [0.2, 0.25) is 0 Å². The molecule has 0 saturated heterocycles. The molecule has 1 aromatic heterocycles. The van der Waals surface area contributed by atoms with Crippen molar-refractivity contribution >= 4 is 28.4 Å². The molecule has 26 heavy (non-hydrogen) atoms. The molecule has 2 amide bonds. The smallest absolute Gasteiger partial charge is 0.233 e. The Kier molecular flexibility index (Phi) is 5.27. The summed E-state index contributed by atoms with van der Waals surface area (Å²) >= 11 is 0. The lowest BCUT2D eigenvalue weighted by Gasteiger charge is -2.17. The summed E-state index contributed by atoms with van der Waals surface area (Å²) in [5.74, 6) is -0.551. The number of nitrogens with one attached hydrogen (secondary N) is 1. The summed E-state index contributed by atoms with van der Waals surface area (Å²) in [6, 6.07) is 17.3. The van der Waals surface area contributed by atoms with Crippen molar-refractivity contribution in [2.75, 3.05) is 12.4 Å². The first kappa shape index (κ1) is 17.6. The van der Waals surface area contributed by atoms with E-state index in [1.807, 2.05) is 61.5 Å². The first-order valence-corrected chi connectivity index (χ1v) is 8.45. The molecule has 0 spiro atoms. The lowest BCUT2D eigenvalue weighted by Crippen LogP contribution is -2.30. The van der Waals surface area contributed by atoms with Gasteiger partial charge in [-0.25, -0.2) is 0 Å². The van der Waals surface area contributed by atoms with Crippen molar-refractivity contribution < 1.29 is 9.59 Å². The van der Waals surface area contributed by atoms with Crippen LogP contribution in [0.3, 0.4) is 0 Å². The minimum atomic E-state index is -0.317. The predicted molar refractivity (Wildman–Crippen MR) is 103 cm³/mol. The number of hydrogen-bond acceptors (Lipinski definition) is 3. The van der Waals surface area contributed by atoms with Gasteiger partial charge in [-0.2, -0.15) is 0 Å². The SMILES string of the molecule is Cc1ccc(NC(=O)CC(=O)N(C)Cc2cnc3ccccc3c2)cc1. The van der Waals surface area contributed by atoms with Crippen LogP contribution in [0.4, 0.5) is 5.69 Å². The van der Waals surface area contributed by atoms with Crippen molar-refractivity contribution in [1.29, 1.82) is 0 Å². The van der Waals surface area contributed by atoms with Gasteiger partial charge in [0.15, 0.2) is 0 Å². The highest BCUT2D eigenvalue weighted by molar-refractivity contribution is 6.03. The molecule has 0 aliphatic rings. The van der Waals surface area contributed by atoms with Crippen LogP contribution in [-0.2, 0) is 16.1 Å². The molecule has 1 N–H and O–H groups in total. The van der Waals surface area contributed by atoms with Gasteiger partial charge in [-0.1, -0.05) is 35.9 Å². The maximum Gasteiger partial charge on any atom is 0.233 e. The second-order valence-electron chi connectivity index (χ2n) is 6.38. The molecule has 1 heterocycles. The molecular weight excluding hydrogens is 326 g/mol. The van der Waals surface area contributed by atoms with Gasteiger partial charge in [0.25, 0.3) is 0 Å². The summed E-state index contributed by atoms with van der Waals surface area (Å²) in [6.45, 7) is 2.39. The van der Waals surface area contributed by atoms with Gasteiger partial charge in [0, 0.05) is 30.9 Å². The minimum absolute atomic E-state index is 0.189. The zero-order chi connectivity index (χ0) is 18.5. The van der Waals surface area contributed by atoms with Crippen molar-refractivity contribution in [2.24, 2.45) is 0 Å². The number of nitrogens with zero attached hydrogens (tertiary/aromatic N) is 2. The number of anilines is 1. The lowest BCUT2D eigenvalue weighted by atomic mass is 10.1. The van der Waals surface area contributed by atoms with E-state index < -0.39 is 0 Å². The van der Waals surface area contributed by atoms with E-state index in [4.69, 9.17) is 0 Å². The highest BCUT2D eigenvalue weighted by atomic mass is 16.2. The molecule has 0 aliphatic heterocycles. The molecule has 0 bridgehead atoms. The Morgan fingerprint density at radius 2 is 1.81 bits per heavy atom. The molecule has 0 atom stereocenters. The van der Waals surface area contributed by atoms with E-state index in [-0.39, 0.29) is 18.2 Å². The summed E-state index contributed by atoms with van der Waals surface area (Å²) in [5, 5.41) is 3.77. The van der Waals surface area contributed by atoms with Crippen LogP contribution in [0, 0.1) is 6.92 Å². The Balaban J connectivity index is 1.57. The van der Waals surface area contributed by atoms with Crippen LogP contribution >= 0.6 is 0 Å². The third-order valence-electron chi connectivity index (χ3n) is 4.14. The highest BCUT2D eigenvalue weighted by Crippen LogP contribution is 2.14. The van der Waals surface area contributed by atoms with E-state index in [1.54, 1.807) is 18.1 Å². The summed E-state index contributed by atoms with van der Waals surface area (Å²) in [7, 11) is 1.69. The standard InChI is InChI=1S/C21H21N3O2/c1-15-7-9-18(10-8-15)23-20(25)12-21(26)24(2)14-16-11-17-5-3-4-6-19(17)22-13-16/h3-11,13H,12,14H2,1-2H3,(H,23,25). The van der Waals surface area contributed by atoms with Crippen molar-refractivity contribution in [3.8, 4) is 0 Å². The number of aromatic nitrogens is 1. The minimum Gasteiger partial charge on any atom is -0.341 e. The summed E-state index contributed by atoms with van der Waals surface area (Å²) in [6.07, 6.45) is 1.57. The lowest BCUT2D eigenvalue weighted by molar-refractivity contribution is -0.133. The number of amides is 2. The van der Waals surface area contributed by atoms with Gasteiger partial charge >= 0.3 is 0 Å². The third-order valence-corrected chi connectivity index (χ3v) is 4.14. The van der Waals surface area contributed by atoms with Crippen LogP contribution in [0.1, 0.15) is 17.5 Å². The second-order valence-corrected chi connectivity index (χ2v) is 6.38. The highest BCUT2D eigenvalue weighted by Gasteiger charge is 2.15. The Bertz CT molecular complexity index is 935. The molecule has 0 fully saturated rings. The summed E-state index contributed by atoms with van der Waals surface area (Å²) in [5.41, 5.74) is 3.65. The van der Waals surface area contributed by atoms with Crippen molar-refractivity contribution in [3.63, 3.8) is 0 Å². The van der Waals surface area contributed by atoms with Gasteiger partial charge in [0.2, 0.25) is 11.8 Å². The van der Waals surface area contributed by atoms with Crippen LogP contribution in [0.5, 0.6) is 0 Å². The first-order chi connectivity index (χ1) is 12.5. The number of hydrogen-bond donors (Lipinski definition) is 1. The van der Waals surface area contributed by atoms with Crippen LogP contribution in [-0.4, -0.2) is 28.7 Å². The largest absolute Gasteiger partial charge is 0.341 e. The van der Waals surface area contributed by atoms with Crippen LogP contribution in [0.15, 0.2) is 60.8 Å². The fraction of sp³-hybridized carbons (Fsp3) is 0.190. The fourth-order valence-electron chi connectivity index (χ4n) is 2.68. The predicted octanol–water partition coefficient (Wildman–Crippen LogP) is 3.53. The zero-order valence-corrected chi connectivity index (χ0v) is 14.9. The third kappa shape index (κ3) is 4.45. The average molecular weight is 347 g/mol. The monoisotopic (exact) mass is 347 g/mol. The van der Waals surface area contributed by atoms with Crippen LogP contribution < -0.4 is 5.32 Å². The molecule has 0 unspecified atom stereocenters. The number of pyridine rings is 1. The Labute approximate surface area is 152 Å². The van der Waals surface area contributed by atoms with E-state index in [0.29, 0.717) is 12.2 Å². The number of benzene rings is 2. The molecule has 0 saturated carbocycles. The number of carbonyl (C=O) groups excluding carboxylic acids is 2. The molecule has 132 valence electrons. The van der Waals surface area contributed by atoms with E-state index in [9.17, 15) is 9.59 Å². The van der Waals surface area contributed by atoms with E-state index in [2.05, 4.69) is 10.3 Å². The Morgan fingerprint density at radius 1 is 1.08 bits per heavy atom. The Hall–Kier alpha value is -3.21. The van der Waals surface area contributed by atoms with Crippen molar-refractivity contribution in [2.45, 2.75) is 19.9 Å². The maximum atomic E-state index is 12.3. The normalized spacial score (nSPS) is 10.5. The van der Waals surface area contributed by atoms with Gasteiger partial charge in [-0.05, 0) is 36.8 Å². The van der Waals surface area contributed by atoms with Gasteiger partial charge in [-0.15, -0.1) is 0 Å². The molecule has 3 aromatic rings. The van der Waals surface area contributed by atoms with Crippen molar-refractivity contribution in [3.05, 3.63) is 71.9 Å². The fourth-order valence-corrected chi connectivity index (χ4v) is 2.68. The second kappa shape index (κ2) is 7.78. The maximum absolute atomic E-state index is 12.3. The summed E-state index contributed by atoms with van der Waals surface area (Å²) < 4.78 is 0. The molecule has 2 aromatic carbocycles. The van der Waals surface area contributed by atoms with Gasteiger partial charge < -0.3 is 10.2 Å². The molecule has 5 nitrogen and oxygen atoms in total. The van der Waals surface area contributed by atoms with E-state index in [1.165, 1.54) is 0 Å². The number of aryl methyl sites for hydroxylation is 1. The average Bonchev–Trinajstić information content (AvgIpc) is 2.63. The molecule has 3 rings (SSSR count). The first-order valence-electron chi connectivity index (χ1n) is 8.45. The van der Waals surface area contributed by atoms with Gasteiger partial charge in [0.05, 0.1) is 5.52 Å². The van der Waals surface area contributed by atoms with Crippen molar-refractivity contribution in [1.82, 2.24) is 9.88 Å². The molecule has 5 heteroatoms. The number of fused-ring (bicyclic) bond motifs is 1.